The molecule has 324 valence electrons. The van der Waals surface area contributed by atoms with E-state index in [4.69, 9.17) is 27.9 Å². The number of aromatic nitrogens is 2. The van der Waals surface area contributed by atoms with E-state index in [1.54, 1.807) is 11.8 Å². The number of piperazine rings is 2. The van der Waals surface area contributed by atoms with Crippen molar-refractivity contribution >= 4 is 57.0 Å². The molecule has 3 aromatic carbocycles. The van der Waals surface area contributed by atoms with E-state index in [2.05, 4.69) is 88.8 Å². The van der Waals surface area contributed by atoms with Crippen LogP contribution in [0.2, 0.25) is 10.0 Å². The summed E-state index contributed by atoms with van der Waals surface area (Å²) in [5, 5.41) is 2.51. The maximum atomic E-state index is 14.5. The number of anilines is 1. The summed E-state index contributed by atoms with van der Waals surface area (Å²) in [4.78, 5) is 31.8. The minimum atomic E-state index is 0.00705. The van der Waals surface area contributed by atoms with Gasteiger partial charge in [0.05, 0.1) is 11.8 Å². The molecule has 0 bridgehead atoms. The quantitative estimate of drug-likeness (QED) is 0.151. The molecule has 2 fully saturated rings. The summed E-state index contributed by atoms with van der Waals surface area (Å²) in [6, 6.07) is 26.9. The number of allylic oxidation sites excluding steroid dienone is 2. The van der Waals surface area contributed by atoms with Crippen LogP contribution in [0, 0.1) is 10.8 Å². The predicted octanol–water partition coefficient (Wildman–Crippen LogP) is 11.9. The Balaban J connectivity index is 0.897. The van der Waals surface area contributed by atoms with Crippen molar-refractivity contribution in [2.24, 2.45) is 10.8 Å². The summed E-state index contributed by atoms with van der Waals surface area (Å²) in [6.45, 7) is 18.2. The Kier molecular flexibility index (Phi) is 12.3. The molecule has 0 unspecified atom stereocenters. The molecule has 1 amide bonds. The monoisotopic (exact) mass is 870 g/mol. The second-order valence-electron chi connectivity index (χ2n) is 19.6. The molecule has 4 heterocycles. The van der Waals surface area contributed by atoms with E-state index in [1.165, 1.54) is 40.7 Å². The number of nitrogens with zero attached hydrogens (tertiary/aromatic N) is 5. The van der Waals surface area contributed by atoms with Crippen LogP contribution in [0.1, 0.15) is 87.7 Å². The lowest BCUT2D eigenvalue weighted by Gasteiger charge is -2.39. The van der Waals surface area contributed by atoms with Crippen molar-refractivity contribution < 1.29 is 9.53 Å². The van der Waals surface area contributed by atoms with Crippen LogP contribution in [0.3, 0.4) is 0 Å². The van der Waals surface area contributed by atoms with Gasteiger partial charge in [-0.15, -0.1) is 0 Å². The first-order valence-electron chi connectivity index (χ1n) is 22.5. The molecule has 9 rings (SSSR count). The van der Waals surface area contributed by atoms with Crippen LogP contribution < -0.4 is 9.64 Å². The summed E-state index contributed by atoms with van der Waals surface area (Å²) >= 11 is 12.6. The lowest BCUT2D eigenvalue weighted by atomic mass is 9.72. The van der Waals surface area contributed by atoms with Gasteiger partial charge in [-0.05, 0) is 120 Å². The zero-order valence-corrected chi connectivity index (χ0v) is 38.3. The number of H-pyrrole nitrogens is 1. The van der Waals surface area contributed by atoms with Gasteiger partial charge in [-0.2, -0.15) is 0 Å². The molecular formula is C52H60Cl2N6O2. The topological polar surface area (TPSA) is 67.9 Å². The second kappa shape index (κ2) is 17.9. The first-order valence-corrected chi connectivity index (χ1v) is 23.3. The minimum absolute atomic E-state index is 0.00705. The van der Waals surface area contributed by atoms with Gasteiger partial charge < -0.3 is 19.5 Å². The third-order valence-corrected chi connectivity index (χ3v) is 14.3. The molecule has 4 aliphatic rings. The van der Waals surface area contributed by atoms with Gasteiger partial charge in [0, 0.05) is 98.8 Å². The van der Waals surface area contributed by atoms with Crippen molar-refractivity contribution in [3.05, 3.63) is 129 Å². The Morgan fingerprint density at radius 1 is 0.694 bits per heavy atom. The van der Waals surface area contributed by atoms with E-state index in [0.717, 1.165) is 105 Å². The van der Waals surface area contributed by atoms with Crippen molar-refractivity contribution in [2.45, 2.75) is 66.2 Å². The number of amides is 1. The number of hydrogen-bond donors (Lipinski definition) is 1. The third kappa shape index (κ3) is 9.79. The van der Waals surface area contributed by atoms with Crippen LogP contribution in [0.25, 0.3) is 22.2 Å². The van der Waals surface area contributed by atoms with E-state index >= 15 is 0 Å². The van der Waals surface area contributed by atoms with Gasteiger partial charge in [-0.1, -0.05) is 86.3 Å². The van der Waals surface area contributed by atoms with Crippen LogP contribution in [-0.4, -0.2) is 96.0 Å². The molecule has 10 heteroatoms. The van der Waals surface area contributed by atoms with Gasteiger partial charge in [0.2, 0.25) is 0 Å². The van der Waals surface area contributed by atoms with Crippen LogP contribution >= 0.6 is 23.2 Å². The molecule has 0 spiro atoms. The van der Waals surface area contributed by atoms with Crippen LogP contribution in [0.4, 0.5) is 5.69 Å². The highest BCUT2D eigenvalue weighted by atomic mass is 35.5. The fraction of sp³-hybridized carbons (Fsp3) is 0.423. The molecule has 8 nitrogen and oxygen atoms in total. The lowest BCUT2D eigenvalue weighted by Crippen LogP contribution is -2.49. The predicted molar refractivity (Wildman–Crippen MR) is 256 cm³/mol. The zero-order chi connectivity index (χ0) is 43.0. The van der Waals surface area contributed by atoms with Crippen molar-refractivity contribution in [3.63, 3.8) is 0 Å². The first kappa shape index (κ1) is 42.7. The summed E-state index contributed by atoms with van der Waals surface area (Å²) in [7, 11) is 0. The van der Waals surface area contributed by atoms with Crippen LogP contribution in [0.5, 0.6) is 11.5 Å². The Labute approximate surface area is 377 Å². The van der Waals surface area contributed by atoms with Crippen molar-refractivity contribution in [1.82, 2.24) is 24.7 Å². The number of ether oxygens (including phenoxy) is 1. The number of nitrogens with one attached hydrogen (secondary N) is 1. The van der Waals surface area contributed by atoms with Crippen molar-refractivity contribution in [1.29, 1.82) is 0 Å². The van der Waals surface area contributed by atoms with Gasteiger partial charge in [-0.25, -0.2) is 4.98 Å². The van der Waals surface area contributed by atoms with Gasteiger partial charge in [0.15, 0.2) is 0 Å². The number of carbonyl (C=O) groups is 1. The molecule has 0 radical (unpaired) electrons. The van der Waals surface area contributed by atoms with Gasteiger partial charge in [-0.3, -0.25) is 14.6 Å². The van der Waals surface area contributed by atoms with Gasteiger partial charge in [0.25, 0.3) is 5.91 Å². The SMILES string of the molecule is CC1(C)CCC(CN2CCN(C(=O)c3ccc(N4CCN(CC5=C(c6ccc(Cl)cc6)CC(C)(C)CC5)CC4)cc3Oc3cnc4[nH]ccc4c3)CC2)=C(c2ccc(Cl)cc2)C1. The molecule has 5 aromatic rings. The molecule has 2 aliphatic carbocycles. The largest absolute Gasteiger partial charge is 0.455 e. The lowest BCUT2D eigenvalue weighted by molar-refractivity contribution is 0.0643. The molecular weight excluding hydrogens is 812 g/mol. The summed E-state index contributed by atoms with van der Waals surface area (Å²) in [5.74, 6) is 1.19. The highest BCUT2D eigenvalue weighted by Crippen LogP contribution is 2.45. The molecule has 2 aromatic heterocycles. The molecule has 2 aliphatic heterocycles. The number of halogens is 2. The van der Waals surface area contributed by atoms with E-state index in [0.29, 0.717) is 30.2 Å². The fourth-order valence-corrected chi connectivity index (χ4v) is 10.2. The maximum absolute atomic E-state index is 14.5. The van der Waals surface area contributed by atoms with E-state index < -0.39 is 0 Å². The zero-order valence-electron chi connectivity index (χ0n) is 36.8. The Morgan fingerprint density at radius 2 is 1.24 bits per heavy atom. The van der Waals surface area contributed by atoms with Crippen molar-refractivity contribution in [3.8, 4) is 11.5 Å². The Morgan fingerprint density at radius 3 is 1.81 bits per heavy atom. The average Bonchev–Trinajstić information content (AvgIpc) is 3.74. The van der Waals surface area contributed by atoms with Crippen molar-refractivity contribution in [2.75, 3.05) is 70.3 Å². The molecule has 0 atom stereocenters. The minimum Gasteiger partial charge on any atom is -0.455 e. The highest BCUT2D eigenvalue weighted by Gasteiger charge is 2.32. The molecule has 62 heavy (non-hydrogen) atoms. The summed E-state index contributed by atoms with van der Waals surface area (Å²) < 4.78 is 6.63. The normalized spacial score (nSPS) is 20.0. The Hall–Kier alpha value is -4.60. The first-order chi connectivity index (χ1) is 29.8. The van der Waals surface area contributed by atoms with E-state index in [-0.39, 0.29) is 16.7 Å². The number of fused-ring (bicyclic) bond motifs is 1. The van der Waals surface area contributed by atoms with Gasteiger partial charge in [0.1, 0.15) is 17.1 Å². The van der Waals surface area contributed by atoms with Crippen LogP contribution in [-0.2, 0) is 0 Å². The summed E-state index contributed by atoms with van der Waals surface area (Å²) in [6.07, 6.45) is 10.4. The van der Waals surface area contributed by atoms with Crippen LogP contribution in [0.15, 0.2) is 102 Å². The average molecular weight is 872 g/mol. The summed E-state index contributed by atoms with van der Waals surface area (Å²) in [5.41, 5.74) is 11.6. The molecule has 2 saturated heterocycles. The number of pyridine rings is 1. The fourth-order valence-electron chi connectivity index (χ4n) is 9.98. The van der Waals surface area contributed by atoms with Gasteiger partial charge >= 0.3 is 0 Å². The smallest absolute Gasteiger partial charge is 0.257 e. The number of hydrogen-bond acceptors (Lipinski definition) is 6. The van der Waals surface area contributed by atoms with E-state index in [9.17, 15) is 4.79 Å². The maximum Gasteiger partial charge on any atom is 0.257 e. The number of aromatic amines is 1. The highest BCUT2D eigenvalue weighted by molar-refractivity contribution is 6.30. The number of carbonyl (C=O) groups excluding carboxylic acids is 1. The standard InChI is InChI=1S/C52H60Cl2N6O2/c1-51(2)18-15-39(46(31-51)36-5-9-41(53)10-6-36)34-57-21-25-59(26-22-57)43-13-14-45(48(30-43)62-44-29-38-17-20-55-49(38)56-33-44)50(61)60-27-23-58(24-28-60)35-40-16-19-52(3,4)32-47(40)37-7-11-42(54)12-8-37/h5-14,17,20,29-30,33H,15-16,18-19,21-28,31-32,34-35H2,1-4H3,(H,55,56). The second-order valence-corrected chi connectivity index (χ2v) is 20.4. The van der Waals surface area contributed by atoms with E-state index in [1.807, 2.05) is 53.6 Å². The molecule has 0 saturated carbocycles. The number of benzene rings is 3. The third-order valence-electron chi connectivity index (χ3n) is 13.8. The molecule has 1 N–H and O–H groups in total. The number of rotatable bonds is 10. The Bertz CT molecular complexity index is 2470.